The molecule has 42 heavy (non-hydrogen) atoms. The number of amides is 1. The molecule has 5 nitrogen and oxygen atoms in total. The molecule has 1 aliphatic carbocycles. The predicted molar refractivity (Wildman–Crippen MR) is 146 cm³/mol. The highest BCUT2D eigenvalue weighted by Gasteiger charge is 2.33. The van der Waals surface area contributed by atoms with Crippen LogP contribution in [0.3, 0.4) is 0 Å². The Kier molecular flexibility index (Phi) is 8.77. The van der Waals surface area contributed by atoms with E-state index in [0.29, 0.717) is 5.75 Å². The van der Waals surface area contributed by atoms with Crippen molar-refractivity contribution in [2.75, 3.05) is 12.4 Å². The van der Waals surface area contributed by atoms with Gasteiger partial charge in [-0.2, -0.15) is 20.5 Å². The van der Waals surface area contributed by atoms with Crippen LogP contribution in [0, 0.1) is 29.1 Å². The summed E-state index contributed by atoms with van der Waals surface area (Å²) in [5.74, 6) is -14.8. The maximum atomic E-state index is 14.2. The second-order valence-corrected chi connectivity index (χ2v) is 10.4. The van der Waals surface area contributed by atoms with Crippen molar-refractivity contribution in [3.05, 3.63) is 125 Å². The van der Waals surface area contributed by atoms with Gasteiger partial charge in [0.15, 0.2) is 0 Å². The van der Waals surface area contributed by atoms with E-state index in [1.54, 1.807) is 12.1 Å². The van der Waals surface area contributed by atoms with E-state index >= 15 is 0 Å². The Balaban J connectivity index is 1.31. The highest BCUT2D eigenvalue weighted by atomic mass is 32.2. The van der Waals surface area contributed by atoms with Crippen LogP contribution in [0.15, 0.2) is 78.9 Å². The van der Waals surface area contributed by atoms with Gasteiger partial charge in [0.05, 0.1) is 0 Å². The van der Waals surface area contributed by atoms with Crippen LogP contribution in [0.2, 0.25) is 0 Å². The third kappa shape index (κ3) is 5.96. The number of fused-ring (bicyclic) bond motifs is 3. The minimum atomic E-state index is -2.39. The molecule has 0 fully saturated rings. The molecule has 0 saturated carbocycles. The second kappa shape index (κ2) is 12.6. The van der Waals surface area contributed by atoms with Crippen molar-refractivity contribution in [1.29, 1.82) is 0 Å². The largest absolute Gasteiger partial charge is 0.449 e. The number of ether oxygens (including phenoxy) is 2. The topological polar surface area (TPSA) is 64.6 Å². The molecule has 0 radical (unpaired) electrons. The fraction of sp³-hybridized carbons (Fsp3) is 0.161. The summed E-state index contributed by atoms with van der Waals surface area (Å²) < 4.78 is 79.2. The van der Waals surface area contributed by atoms with Crippen LogP contribution in [-0.4, -0.2) is 30.5 Å². The Hall–Kier alpha value is -4.38. The molecule has 0 spiro atoms. The summed E-state index contributed by atoms with van der Waals surface area (Å²) in [7, 11) is 0. The van der Waals surface area contributed by atoms with Gasteiger partial charge in [0.2, 0.25) is 34.8 Å². The third-order valence-corrected chi connectivity index (χ3v) is 7.80. The first kappa shape index (κ1) is 29.1. The van der Waals surface area contributed by atoms with E-state index in [4.69, 9.17) is 4.74 Å². The van der Waals surface area contributed by atoms with E-state index < -0.39 is 52.9 Å². The molecule has 1 aliphatic rings. The lowest BCUT2D eigenvalue weighted by molar-refractivity contribution is -0.136. The van der Waals surface area contributed by atoms with E-state index in [2.05, 4.69) is 10.1 Å². The Morgan fingerprint density at radius 3 is 1.86 bits per heavy atom. The van der Waals surface area contributed by atoms with Crippen LogP contribution in [0.25, 0.3) is 11.1 Å². The number of hydrogen-bond donors (Lipinski definition) is 1. The zero-order valence-corrected chi connectivity index (χ0v) is 22.5. The first-order valence-corrected chi connectivity index (χ1v) is 13.9. The number of thioether (sulfide) groups is 1. The zero-order valence-electron chi connectivity index (χ0n) is 21.7. The minimum absolute atomic E-state index is 0.0869. The first-order chi connectivity index (χ1) is 20.3. The van der Waals surface area contributed by atoms with Crippen LogP contribution in [0.1, 0.15) is 22.6 Å². The number of benzene rings is 4. The summed E-state index contributed by atoms with van der Waals surface area (Å²) in [5.41, 5.74) is 4.79. The molecule has 1 N–H and O–H groups in total. The van der Waals surface area contributed by atoms with Gasteiger partial charge in [0.1, 0.15) is 12.6 Å². The highest BCUT2D eigenvalue weighted by Crippen LogP contribution is 2.44. The monoisotopic (exact) mass is 599 g/mol. The number of hydrogen-bond acceptors (Lipinski definition) is 5. The van der Waals surface area contributed by atoms with E-state index in [1.165, 1.54) is 11.8 Å². The standard InChI is InChI=1S/C31H22F5NO4S/c32-24-25(33)27(35)29(28(36)26(24)34)41-30(38)23(16-42-15-17-8-2-1-3-9-17)37-31(39)40-14-22-20-12-6-4-10-18(20)19-11-5-7-13-21(19)22/h1-13,22-23H,14-16H2,(H,37,39)/t23-/m1/s1. The molecule has 4 aromatic rings. The SMILES string of the molecule is O=C(N[C@H](CSCc1ccccc1)C(=O)Oc1c(F)c(F)c(F)c(F)c1F)OCC1c2ccccc2-c2ccccc21. The predicted octanol–water partition coefficient (Wildman–Crippen LogP) is 7.13. The number of alkyl carbamates (subject to hydrolysis) is 1. The summed E-state index contributed by atoms with van der Waals surface area (Å²) in [5, 5.41) is 2.31. The molecule has 0 heterocycles. The smallest absolute Gasteiger partial charge is 0.407 e. The van der Waals surface area contributed by atoms with Crippen LogP contribution in [0.4, 0.5) is 26.7 Å². The average Bonchev–Trinajstić information content (AvgIpc) is 3.33. The number of halogens is 5. The fourth-order valence-electron chi connectivity index (χ4n) is 4.67. The second-order valence-electron chi connectivity index (χ2n) is 9.34. The fourth-order valence-corrected chi connectivity index (χ4v) is 5.67. The van der Waals surface area contributed by atoms with Crippen molar-refractivity contribution in [1.82, 2.24) is 5.32 Å². The van der Waals surface area contributed by atoms with Gasteiger partial charge in [-0.25, -0.2) is 22.8 Å². The summed E-state index contributed by atoms with van der Waals surface area (Å²) in [4.78, 5) is 25.8. The number of carbonyl (C=O) groups excluding carboxylic acids is 2. The van der Waals surface area contributed by atoms with Crippen molar-refractivity contribution in [2.24, 2.45) is 0 Å². The maximum absolute atomic E-state index is 14.2. The van der Waals surface area contributed by atoms with Crippen LogP contribution in [-0.2, 0) is 15.3 Å². The molecule has 216 valence electrons. The Bertz CT molecular complexity index is 1560. The van der Waals surface area contributed by atoms with Crippen LogP contribution >= 0.6 is 11.8 Å². The van der Waals surface area contributed by atoms with Crippen molar-refractivity contribution in [2.45, 2.75) is 17.7 Å². The number of rotatable bonds is 9. The van der Waals surface area contributed by atoms with Gasteiger partial charge in [-0.3, -0.25) is 0 Å². The van der Waals surface area contributed by atoms with Crippen molar-refractivity contribution < 1.29 is 41.0 Å². The van der Waals surface area contributed by atoms with Crippen molar-refractivity contribution in [3.8, 4) is 16.9 Å². The molecular weight excluding hydrogens is 577 g/mol. The zero-order chi connectivity index (χ0) is 29.8. The molecule has 5 rings (SSSR count). The molecule has 0 aromatic heterocycles. The van der Waals surface area contributed by atoms with E-state index in [-0.39, 0.29) is 18.3 Å². The number of carbonyl (C=O) groups is 2. The molecule has 0 saturated heterocycles. The molecule has 0 aliphatic heterocycles. The molecule has 0 bridgehead atoms. The van der Waals surface area contributed by atoms with E-state index in [0.717, 1.165) is 27.8 Å². The number of nitrogens with one attached hydrogen (secondary N) is 1. The van der Waals surface area contributed by atoms with Gasteiger partial charge in [0, 0.05) is 17.4 Å². The lowest BCUT2D eigenvalue weighted by atomic mass is 9.98. The summed E-state index contributed by atoms with van der Waals surface area (Å²) >= 11 is 1.17. The van der Waals surface area contributed by atoms with Crippen molar-refractivity contribution >= 4 is 23.8 Å². The minimum Gasteiger partial charge on any atom is -0.449 e. The maximum Gasteiger partial charge on any atom is 0.407 e. The molecule has 1 amide bonds. The molecular formula is C31H22F5NO4S. The Morgan fingerprint density at radius 2 is 1.26 bits per heavy atom. The summed E-state index contributed by atoms with van der Waals surface area (Å²) in [6.07, 6.45) is -1.03. The van der Waals surface area contributed by atoms with E-state index in [9.17, 15) is 31.5 Å². The van der Waals surface area contributed by atoms with Gasteiger partial charge < -0.3 is 14.8 Å². The van der Waals surface area contributed by atoms with Gasteiger partial charge >= 0.3 is 12.1 Å². The Morgan fingerprint density at radius 1 is 0.738 bits per heavy atom. The van der Waals surface area contributed by atoms with Gasteiger partial charge in [0.25, 0.3) is 0 Å². The van der Waals surface area contributed by atoms with Crippen LogP contribution < -0.4 is 10.1 Å². The summed E-state index contributed by atoms with van der Waals surface area (Å²) in [6.45, 7) is -0.0869. The molecule has 0 unspecified atom stereocenters. The lowest BCUT2D eigenvalue weighted by Gasteiger charge is -2.19. The highest BCUT2D eigenvalue weighted by molar-refractivity contribution is 7.98. The normalized spacial score (nSPS) is 12.8. The molecule has 1 atom stereocenters. The molecule has 4 aromatic carbocycles. The van der Waals surface area contributed by atoms with Gasteiger partial charge in [-0.15, -0.1) is 0 Å². The van der Waals surface area contributed by atoms with E-state index in [1.807, 2.05) is 66.7 Å². The molecule has 11 heteroatoms. The van der Waals surface area contributed by atoms with Crippen LogP contribution in [0.5, 0.6) is 5.75 Å². The lowest BCUT2D eigenvalue weighted by Crippen LogP contribution is -2.45. The van der Waals surface area contributed by atoms with Gasteiger partial charge in [-0.1, -0.05) is 78.9 Å². The average molecular weight is 600 g/mol. The third-order valence-electron chi connectivity index (χ3n) is 6.69. The summed E-state index contributed by atoms with van der Waals surface area (Å²) in [6, 6.07) is 22.8. The first-order valence-electron chi connectivity index (χ1n) is 12.7. The number of esters is 1. The Labute approximate surface area is 241 Å². The quantitative estimate of drug-likeness (QED) is 0.0730. The van der Waals surface area contributed by atoms with Gasteiger partial charge in [-0.05, 0) is 27.8 Å². The van der Waals surface area contributed by atoms with Crippen molar-refractivity contribution in [3.63, 3.8) is 0 Å².